The fraction of sp³-hybridized carbons (Fsp3) is 0.250. The van der Waals surface area contributed by atoms with Gasteiger partial charge in [0.15, 0.2) is 18.1 Å². The summed E-state index contributed by atoms with van der Waals surface area (Å²) in [7, 11) is 0. The standard InChI is InChI=1S/C28H31N3O3/c1-3-33-27-16-21(17-29-15-14-22-18-30-25-7-5-4-6-24(22)25)10-13-26(27)34-19-28(32)31-23-11-8-20(2)9-12-23/h4-13,16,18,29-30H,3,14-15,17,19H2,1-2H3,(H,31,32). The van der Waals surface area contributed by atoms with Crippen molar-refractivity contribution in [2.75, 3.05) is 25.1 Å². The number of carbonyl (C=O) groups excluding carboxylic acids is 1. The van der Waals surface area contributed by atoms with E-state index in [9.17, 15) is 4.79 Å². The van der Waals surface area contributed by atoms with Crippen LogP contribution in [0.25, 0.3) is 10.9 Å². The number of ether oxygens (including phenoxy) is 2. The normalized spacial score (nSPS) is 10.9. The fourth-order valence-corrected chi connectivity index (χ4v) is 3.82. The summed E-state index contributed by atoms with van der Waals surface area (Å²) in [6.07, 6.45) is 3.03. The highest BCUT2D eigenvalue weighted by Crippen LogP contribution is 2.28. The van der Waals surface area contributed by atoms with Crippen molar-refractivity contribution in [2.24, 2.45) is 0 Å². The van der Waals surface area contributed by atoms with Gasteiger partial charge in [-0.2, -0.15) is 0 Å². The van der Waals surface area contributed by atoms with Crippen molar-refractivity contribution < 1.29 is 14.3 Å². The predicted octanol–water partition coefficient (Wildman–Crippen LogP) is 5.22. The van der Waals surface area contributed by atoms with Gasteiger partial charge in [-0.25, -0.2) is 0 Å². The third-order valence-electron chi connectivity index (χ3n) is 5.58. The van der Waals surface area contributed by atoms with Gasteiger partial charge < -0.3 is 25.1 Å². The van der Waals surface area contributed by atoms with Crippen LogP contribution in [0.5, 0.6) is 11.5 Å². The number of carbonyl (C=O) groups is 1. The molecule has 34 heavy (non-hydrogen) atoms. The zero-order valence-electron chi connectivity index (χ0n) is 19.7. The first-order valence-corrected chi connectivity index (χ1v) is 11.6. The van der Waals surface area contributed by atoms with Gasteiger partial charge >= 0.3 is 0 Å². The molecular weight excluding hydrogens is 426 g/mol. The molecule has 0 bridgehead atoms. The molecule has 0 unspecified atom stereocenters. The van der Waals surface area contributed by atoms with Crippen LogP contribution in [-0.2, 0) is 17.8 Å². The fourth-order valence-electron chi connectivity index (χ4n) is 3.82. The van der Waals surface area contributed by atoms with Gasteiger partial charge in [-0.1, -0.05) is 42.0 Å². The molecule has 0 aliphatic carbocycles. The number of rotatable bonds is 11. The number of hydrogen-bond donors (Lipinski definition) is 3. The predicted molar refractivity (Wildman–Crippen MR) is 137 cm³/mol. The maximum atomic E-state index is 12.3. The molecule has 4 aromatic rings. The summed E-state index contributed by atoms with van der Waals surface area (Å²) in [6.45, 7) is 5.95. The van der Waals surface area contributed by atoms with Crippen molar-refractivity contribution in [3.63, 3.8) is 0 Å². The quantitative estimate of drug-likeness (QED) is 0.270. The molecule has 0 saturated carbocycles. The minimum Gasteiger partial charge on any atom is -0.490 e. The Balaban J connectivity index is 1.28. The Kier molecular flexibility index (Phi) is 7.83. The number of benzene rings is 3. The van der Waals surface area contributed by atoms with Gasteiger partial charge in [0.1, 0.15) is 0 Å². The molecule has 3 aromatic carbocycles. The van der Waals surface area contributed by atoms with E-state index in [0.717, 1.165) is 36.3 Å². The summed E-state index contributed by atoms with van der Waals surface area (Å²) in [5.74, 6) is 0.985. The van der Waals surface area contributed by atoms with E-state index in [4.69, 9.17) is 9.47 Å². The molecule has 0 spiro atoms. The van der Waals surface area contributed by atoms with Crippen molar-refractivity contribution >= 4 is 22.5 Å². The molecule has 0 fully saturated rings. The smallest absolute Gasteiger partial charge is 0.262 e. The van der Waals surface area contributed by atoms with Gasteiger partial charge in [-0.15, -0.1) is 0 Å². The van der Waals surface area contributed by atoms with E-state index in [1.54, 1.807) is 0 Å². The Hall–Kier alpha value is -3.77. The number of hydrogen-bond acceptors (Lipinski definition) is 4. The number of H-pyrrole nitrogens is 1. The lowest BCUT2D eigenvalue weighted by Crippen LogP contribution is -2.20. The van der Waals surface area contributed by atoms with E-state index in [2.05, 4.69) is 40.0 Å². The topological polar surface area (TPSA) is 75.4 Å². The second-order valence-electron chi connectivity index (χ2n) is 8.20. The second-order valence-corrected chi connectivity index (χ2v) is 8.20. The molecule has 0 atom stereocenters. The van der Waals surface area contributed by atoms with Crippen LogP contribution in [-0.4, -0.2) is 30.6 Å². The number of para-hydroxylation sites is 1. The highest BCUT2D eigenvalue weighted by molar-refractivity contribution is 5.91. The van der Waals surface area contributed by atoms with E-state index in [1.807, 2.05) is 62.4 Å². The third kappa shape index (κ3) is 6.17. The highest BCUT2D eigenvalue weighted by Gasteiger charge is 2.10. The first kappa shape index (κ1) is 23.4. The summed E-state index contributed by atoms with van der Waals surface area (Å²) in [4.78, 5) is 15.6. The number of aromatic amines is 1. The van der Waals surface area contributed by atoms with Crippen LogP contribution >= 0.6 is 0 Å². The summed E-state index contributed by atoms with van der Waals surface area (Å²) in [5.41, 5.74) is 5.47. The molecular formula is C28H31N3O3. The molecule has 3 N–H and O–H groups in total. The maximum absolute atomic E-state index is 12.3. The van der Waals surface area contributed by atoms with E-state index in [1.165, 1.54) is 16.5 Å². The minimum absolute atomic E-state index is 0.0871. The van der Waals surface area contributed by atoms with Crippen molar-refractivity contribution in [3.8, 4) is 11.5 Å². The second kappa shape index (κ2) is 11.4. The Morgan fingerprint density at radius 2 is 1.79 bits per heavy atom. The minimum atomic E-state index is -0.214. The summed E-state index contributed by atoms with van der Waals surface area (Å²) in [5, 5.41) is 7.62. The van der Waals surface area contributed by atoms with Crippen LogP contribution in [0.15, 0.2) is 72.9 Å². The molecule has 176 valence electrons. The van der Waals surface area contributed by atoms with Crippen LogP contribution in [0.4, 0.5) is 5.69 Å². The van der Waals surface area contributed by atoms with E-state index in [0.29, 0.717) is 18.1 Å². The monoisotopic (exact) mass is 457 g/mol. The lowest BCUT2D eigenvalue weighted by Gasteiger charge is -2.14. The molecule has 6 heteroatoms. The number of aromatic nitrogens is 1. The lowest BCUT2D eigenvalue weighted by atomic mass is 10.1. The Morgan fingerprint density at radius 3 is 2.62 bits per heavy atom. The van der Waals surface area contributed by atoms with E-state index >= 15 is 0 Å². The number of anilines is 1. The van der Waals surface area contributed by atoms with Crippen molar-refractivity contribution in [1.29, 1.82) is 0 Å². The van der Waals surface area contributed by atoms with Crippen molar-refractivity contribution in [2.45, 2.75) is 26.8 Å². The molecule has 0 aliphatic rings. The summed E-state index contributed by atoms with van der Waals surface area (Å²) in [6, 6.07) is 21.8. The molecule has 1 heterocycles. The Labute approximate surface area is 200 Å². The molecule has 1 aromatic heterocycles. The first-order chi connectivity index (χ1) is 16.6. The average molecular weight is 458 g/mol. The van der Waals surface area contributed by atoms with E-state index in [-0.39, 0.29) is 12.5 Å². The van der Waals surface area contributed by atoms with Crippen LogP contribution in [0.3, 0.4) is 0 Å². The zero-order chi connectivity index (χ0) is 23.8. The largest absolute Gasteiger partial charge is 0.490 e. The molecule has 1 amide bonds. The third-order valence-corrected chi connectivity index (χ3v) is 5.58. The van der Waals surface area contributed by atoms with Crippen LogP contribution < -0.4 is 20.1 Å². The van der Waals surface area contributed by atoms with Crippen molar-refractivity contribution in [1.82, 2.24) is 10.3 Å². The molecule has 6 nitrogen and oxygen atoms in total. The maximum Gasteiger partial charge on any atom is 0.262 e. The van der Waals surface area contributed by atoms with Gasteiger partial charge in [0.05, 0.1) is 6.61 Å². The number of amides is 1. The number of fused-ring (bicyclic) bond motifs is 1. The number of aryl methyl sites for hydroxylation is 1. The van der Waals surface area contributed by atoms with Crippen molar-refractivity contribution in [3.05, 3.63) is 89.6 Å². The van der Waals surface area contributed by atoms with Gasteiger partial charge in [0.2, 0.25) is 0 Å². The molecule has 0 radical (unpaired) electrons. The van der Waals surface area contributed by atoms with Gasteiger partial charge in [-0.3, -0.25) is 4.79 Å². The van der Waals surface area contributed by atoms with Crippen LogP contribution in [0.2, 0.25) is 0 Å². The molecule has 0 saturated heterocycles. The Bertz CT molecular complexity index is 1230. The summed E-state index contributed by atoms with van der Waals surface area (Å²) >= 11 is 0. The van der Waals surface area contributed by atoms with Gasteiger partial charge in [-0.05, 0) is 68.3 Å². The zero-order valence-corrected chi connectivity index (χ0v) is 19.7. The summed E-state index contributed by atoms with van der Waals surface area (Å²) < 4.78 is 11.5. The first-order valence-electron chi connectivity index (χ1n) is 11.6. The highest BCUT2D eigenvalue weighted by atomic mass is 16.5. The molecule has 0 aliphatic heterocycles. The average Bonchev–Trinajstić information content (AvgIpc) is 3.26. The lowest BCUT2D eigenvalue weighted by molar-refractivity contribution is -0.118. The molecule has 4 rings (SSSR count). The Morgan fingerprint density at radius 1 is 0.971 bits per heavy atom. The number of nitrogens with one attached hydrogen (secondary N) is 3. The van der Waals surface area contributed by atoms with Gasteiger partial charge in [0.25, 0.3) is 5.91 Å². The van der Waals surface area contributed by atoms with Crippen LogP contribution in [0.1, 0.15) is 23.6 Å². The van der Waals surface area contributed by atoms with Crippen LogP contribution in [0, 0.1) is 6.92 Å². The van der Waals surface area contributed by atoms with Gasteiger partial charge in [0, 0.05) is 29.3 Å². The van der Waals surface area contributed by atoms with E-state index < -0.39 is 0 Å². The SMILES string of the molecule is CCOc1cc(CNCCc2c[nH]c3ccccc23)ccc1OCC(=O)Nc1ccc(C)cc1.